The Labute approximate surface area is 175 Å². The molecular weight excluding hydrogens is 380 g/mol. The van der Waals surface area contributed by atoms with Crippen molar-refractivity contribution < 1.29 is 9.53 Å². The first-order chi connectivity index (χ1) is 14.5. The third-order valence-corrected chi connectivity index (χ3v) is 4.83. The van der Waals surface area contributed by atoms with E-state index in [0.29, 0.717) is 30.7 Å². The zero-order chi connectivity index (χ0) is 21.5. The van der Waals surface area contributed by atoms with E-state index >= 15 is 0 Å². The highest BCUT2D eigenvalue weighted by Gasteiger charge is 2.09. The number of carbonyl (C=O) groups is 1. The Hall–Kier alpha value is -3.61. The zero-order valence-electron chi connectivity index (χ0n) is 17.0. The molecule has 1 heterocycles. The summed E-state index contributed by atoms with van der Waals surface area (Å²) in [6.07, 6.45) is 6.24. The van der Waals surface area contributed by atoms with E-state index in [9.17, 15) is 9.59 Å². The summed E-state index contributed by atoms with van der Waals surface area (Å²) >= 11 is 0. The quantitative estimate of drug-likeness (QED) is 0.246. The number of aryl methyl sites for hydroxylation is 1. The van der Waals surface area contributed by atoms with E-state index in [2.05, 4.69) is 6.92 Å². The van der Waals surface area contributed by atoms with Gasteiger partial charge in [-0.15, -0.1) is 0 Å². The maximum atomic E-state index is 12.8. The van der Waals surface area contributed by atoms with Gasteiger partial charge in [0, 0.05) is 24.4 Å². The second-order valence-corrected chi connectivity index (χ2v) is 7.02. The van der Waals surface area contributed by atoms with E-state index in [-0.39, 0.29) is 17.5 Å². The fourth-order valence-corrected chi connectivity index (χ4v) is 3.04. The number of nitrogens with two attached hydrogens (primary N) is 1. The number of amidine groups is 1. The molecule has 156 valence electrons. The Morgan fingerprint density at radius 1 is 1.00 bits per heavy atom. The first-order valence-electron chi connectivity index (χ1n) is 9.99. The number of esters is 1. The van der Waals surface area contributed by atoms with Gasteiger partial charge in [0.15, 0.2) is 0 Å². The van der Waals surface area contributed by atoms with Crippen LogP contribution in [0, 0.1) is 5.41 Å². The average molecular weight is 406 g/mol. The van der Waals surface area contributed by atoms with Crippen molar-refractivity contribution in [2.24, 2.45) is 5.73 Å². The lowest BCUT2D eigenvalue weighted by atomic mass is 10.1. The molecule has 30 heavy (non-hydrogen) atoms. The number of rotatable bonds is 9. The molecule has 0 aliphatic heterocycles. The van der Waals surface area contributed by atoms with E-state index in [0.717, 1.165) is 24.1 Å². The molecule has 0 aliphatic carbocycles. The molecule has 1 aromatic heterocycles. The van der Waals surface area contributed by atoms with Gasteiger partial charge in [0.2, 0.25) is 0 Å². The monoisotopic (exact) mass is 406 g/mol. The van der Waals surface area contributed by atoms with Crippen LogP contribution in [0.5, 0.6) is 0 Å². The molecule has 0 aliphatic rings. The molecule has 0 spiro atoms. The molecule has 0 bridgehead atoms. The largest absolute Gasteiger partial charge is 0.466 e. The Bertz CT molecular complexity index is 1060. The van der Waals surface area contributed by atoms with E-state index in [1.165, 1.54) is 4.57 Å². The van der Waals surface area contributed by atoms with Crippen molar-refractivity contribution in [1.82, 2.24) is 9.13 Å². The van der Waals surface area contributed by atoms with Gasteiger partial charge in [0.25, 0.3) is 0 Å². The van der Waals surface area contributed by atoms with Crippen LogP contribution in [0.4, 0.5) is 0 Å². The Morgan fingerprint density at radius 2 is 1.57 bits per heavy atom. The number of carbonyl (C=O) groups excluding carboxylic acids is 1. The number of hydrogen-bond donors (Lipinski definition) is 2. The average Bonchev–Trinajstić information content (AvgIpc) is 3.14. The van der Waals surface area contributed by atoms with Crippen LogP contribution < -0.4 is 11.4 Å². The summed E-state index contributed by atoms with van der Waals surface area (Å²) in [5.41, 5.74) is 8.34. The lowest BCUT2D eigenvalue weighted by molar-refractivity contribution is -0.143. The van der Waals surface area contributed by atoms with Crippen LogP contribution in [0.3, 0.4) is 0 Å². The smallest absolute Gasteiger partial charge is 0.337 e. The van der Waals surface area contributed by atoms with Crippen molar-refractivity contribution in [2.75, 3.05) is 6.61 Å². The number of nitrogens with one attached hydrogen (secondary N) is 1. The molecule has 0 atom stereocenters. The first-order valence-corrected chi connectivity index (χ1v) is 9.99. The summed E-state index contributed by atoms with van der Waals surface area (Å²) in [6, 6.07) is 14.5. The molecule has 3 N–H and O–H groups in total. The first kappa shape index (κ1) is 21.1. The lowest BCUT2D eigenvalue weighted by Gasteiger charge is -2.06. The molecule has 0 radical (unpaired) electrons. The fraction of sp³-hybridized carbons (Fsp3) is 0.261. The van der Waals surface area contributed by atoms with Crippen LogP contribution in [0.15, 0.2) is 65.7 Å². The van der Waals surface area contributed by atoms with E-state index in [4.69, 9.17) is 15.9 Å². The second kappa shape index (κ2) is 9.73. The number of nitrogen functional groups attached to an aromatic ring is 1. The Balaban J connectivity index is 1.68. The summed E-state index contributed by atoms with van der Waals surface area (Å²) < 4.78 is 8.26. The van der Waals surface area contributed by atoms with Gasteiger partial charge in [-0.25, -0.2) is 4.79 Å². The molecule has 7 heteroatoms. The highest BCUT2D eigenvalue weighted by Crippen LogP contribution is 2.12. The topological polar surface area (TPSA) is 103 Å². The molecule has 0 amide bonds. The SMILES string of the molecule is CCCCOC(=O)CCc1ccc(-n2ccn(-c3ccc(C(=N)N)cc3)c2=O)cc1. The van der Waals surface area contributed by atoms with Crippen LogP contribution in [0.1, 0.15) is 37.3 Å². The minimum atomic E-state index is -0.196. The predicted molar refractivity (Wildman–Crippen MR) is 117 cm³/mol. The third-order valence-electron chi connectivity index (χ3n) is 4.83. The molecule has 7 nitrogen and oxygen atoms in total. The van der Waals surface area contributed by atoms with Crippen LogP contribution in [0.2, 0.25) is 0 Å². The van der Waals surface area contributed by atoms with Crippen molar-refractivity contribution >= 4 is 11.8 Å². The molecule has 0 saturated heterocycles. The standard InChI is InChI=1S/C23H26N4O3/c1-2-3-16-30-21(28)13-6-17-4-9-19(10-5-17)26-14-15-27(23(26)29)20-11-7-18(8-12-20)22(24)25/h4-5,7-12,14-15H,2-3,6,13,16H2,1H3,(H3,24,25). The van der Waals surface area contributed by atoms with Gasteiger partial charge < -0.3 is 10.5 Å². The molecular formula is C23H26N4O3. The number of ether oxygens (including phenoxy) is 1. The Morgan fingerprint density at radius 3 is 2.10 bits per heavy atom. The summed E-state index contributed by atoms with van der Waals surface area (Å²) in [5.74, 6) is -0.197. The maximum Gasteiger partial charge on any atom is 0.337 e. The van der Waals surface area contributed by atoms with Crippen molar-refractivity contribution in [2.45, 2.75) is 32.6 Å². The van der Waals surface area contributed by atoms with Gasteiger partial charge in [-0.2, -0.15) is 0 Å². The summed E-state index contributed by atoms with van der Waals surface area (Å²) in [4.78, 5) is 24.5. The van der Waals surface area contributed by atoms with E-state index < -0.39 is 0 Å². The van der Waals surface area contributed by atoms with Gasteiger partial charge >= 0.3 is 11.7 Å². The number of hydrogen-bond acceptors (Lipinski definition) is 4. The number of imidazole rings is 1. The van der Waals surface area contributed by atoms with Crippen molar-refractivity contribution in [3.05, 3.63) is 82.5 Å². The highest BCUT2D eigenvalue weighted by atomic mass is 16.5. The number of benzene rings is 2. The number of aromatic nitrogens is 2. The molecule has 0 fully saturated rings. The van der Waals surface area contributed by atoms with E-state index in [1.807, 2.05) is 24.3 Å². The van der Waals surface area contributed by atoms with E-state index in [1.54, 1.807) is 41.2 Å². The van der Waals surface area contributed by atoms with Gasteiger partial charge in [-0.1, -0.05) is 25.5 Å². The Kier molecular flexibility index (Phi) is 6.85. The normalized spacial score (nSPS) is 10.7. The fourth-order valence-electron chi connectivity index (χ4n) is 3.04. The minimum absolute atomic E-state index is 0.0132. The van der Waals surface area contributed by atoms with Crippen molar-refractivity contribution in [3.63, 3.8) is 0 Å². The molecule has 0 unspecified atom stereocenters. The van der Waals surface area contributed by atoms with Crippen molar-refractivity contribution in [3.8, 4) is 11.4 Å². The van der Waals surface area contributed by atoms with Gasteiger partial charge in [0.05, 0.1) is 18.0 Å². The van der Waals surface area contributed by atoms with Gasteiger partial charge in [-0.05, 0) is 54.8 Å². The number of unbranched alkanes of at least 4 members (excludes halogenated alkanes) is 1. The summed E-state index contributed by atoms with van der Waals surface area (Å²) in [6.45, 7) is 2.53. The van der Waals surface area contributed by atoms with Crippen LogP contribution >= 0.6 is 0 Å². The summed E-state index contributed by atoms with van der Waals surface area (Å²) in [7, 11) is 0. The lowest BCUT2D eigenvalue weighted by Crippen LogP contribution is -2.21. The zero-order valence-corrected chi connectivity index (χ0v) is 17.0. The van der Waals surface area contributed by atoms with Crippen LogP contribution in [-0.4, -0.2) is 27.5 Å². The maximum absolute atomic E-state index is 12.8. The number of nitrogens with zero attached hydrogens (tertiary/aromatic N) is 2. The predicted octanol–water partition coefficient (Wildman–Crippen LogP) is 3.19. The molecule has 3 aromatic rings. The molecule has 0 saturated carbocycles. The van der Waals surface area contributed by atoms with Gasteiger partial charge in [-0.3, -0.25) is 19.3 Å². The van der Waals surface area contributed by atoms with Crippen molar-refractivity contribution in [1.29, 1.82) is 5.41 Å². The van der Waals surface area contributed by atoms with Crippen LogP contribution in [0.25, 0.3) is 11.4 Å². The van der Waals surface area contributed by atoms with Gasteiger partial charge in [0.1, 0.15) is 5.84 Å². The minimum Gasteiger partial charge on any atom is -0.466 e. The second-order valence-electron chi connectivity index (χ2n) is 7.02. The molecule has 3 rings (SSSR count). The van der Waals surface area contributed by atoms with Crippen LogP contribution in [-0.2, 0) is 16.0 Å². The summed E-state index contributed by atoms with van der Waals surface area (Å²) in [5, 5.41) is 7.46. The third kappa shape index (κ3) is 5.05. The highest BCUT2D eigenvalue weighted by molar-refractivity contribution is 5.95. The molecule has 2 aromatic carbocycles.